The summed E-state index contributed by atoms with van der Waals surface area (Å²) in [5.41, 5.74) is 0. The Labute approximate surface area is 93.6 Å². The first-order valence-corrected chi connectivity index (χ1v) is 7.03. The largest absolute Gasteiger partial charge is 0.299 e. The van der Waals surface area contributed by atoms with Crippen molar-refractivity contribution in [3.05, 3.63) is 12.7 Å². The summed E-state index contributed by atoms with van der Waals surface area (Å²) in [4.78, 5) is 11.8. The van der Waals surface area contributed by atoms with Crippen molar-refractivity contribution in [3.63, 3.8) is 0 Å². The lowest BCUT2D eigenvalue weighted by atomic mass is 9.92. The molecule has 2 fully saturated rings. The van der Waals surface area contributed by atoms with Crippen LogP contribution in [0.3, 0.4) is 0 Å². The van der Waals surface area contributed by atoms with Gasteiger partial charge in [0.15, 0.2) is 0 Å². The monoisotopic (exact) mass is 226 g/mol. The van der Waals surface area contributed by atoms with Crippen LogP contribution in [0.2, 0.25) is 0 Å². The molecule has 2 aliphatic heterocycles. The second kappa shape index (κ2) is 4.60. The van der Waals surface area contributed by atoms with Crippen LogP contribution in [0, 0.1) is 5.92 Å². The molecule has 2 saturated heterocycles. The molecular formula is C12H18O2S. The summed E-state index contributed by atoms with van der Waals surface area (Å²) in [5.74, 6) is 0.559. The summed E-state index contributed by atoms with van der Waals surface area (Å²) in [7, 11) is -0.634. The fourth-order valence-corrected chi connectivity index (χ4v) is 4.87. The number of allylic oxidation sites excluding steroid dienone is 1. The Kier molecular flexibility index (Phi) is 3.39. The average molecular weight is 226 g/mol. The maximum Gasteiger partial charge on any atom is 0.136 e. The second-order valence-electron chi connectivity index (χ2n) is 4.61. The molecule has 0 amide bonds. The molecule has 0 radical (unpaired) electrons. The third-order valence-corrected chi connectivity index (χ3v) is 5.78. The quantitative estimate of drug-likeness (QED) is 0.689. The number of carbonyl (C=O) groups is 1. The van der Waals surface area contributed by atoms with Gasteiger partial charge >= 0.3 is 0 Å². The molecule has 2 nitrogen and oxygen atoms in total. The van der Waals surface area contributed by atoms with Gasteiger partial charge in [0.2, 0.25) is 0 Å². The molecule has 2 unspecified atom stereocenters. The number of rotatable bonds is 4. The Balaban J connectivity index is 1.93. The van der Waals surface area contributed by atoms with Crippen molar-refractivity contribution in [1.82, 2.24) is 0 Å². The Hall–Kier alpha value is -0.440. The van der Waals surface area contributed by atoms with Gasteiger partial charge in [0.25, 0.3) is 0 Å². The number of fused-ring (bicyclic) bond motifs is 2. The lowest BCUT2D eigenvalue weighted by Gasteiger charge is -2.26. The number of carbonyl (C=O) groups excluding carboxylic acids is 1. The molecule has 84 valence electrons. The molecule has 0 aromatic heterocycles. The van der Waals surface area contributed by atoms with Gasteiger partial charge in [-0.25, -0.2) is 0 Å². The van der Waals surface area contributed by atoms with E-state index in [1.807, 2.05) is 0 Å². The zero-order chi connectivity index (χ0) is 10.8. The highest BCUT2D eigenvalue weighted by Gasteiger charge is 2.42. The van der Waals surface area contributed by atoms with Gasteiger partial charge in [0.1, 0.15) is 5.78 Å². The topological polar surface area (TPSA) is 34.1 Å². The summed E-state index contributed by atoms with van der Waals surface area (Å²) in [6, 6.07) is 0. The van der Waals surface area contributed by atoms with Gasteiger partial charge in [0, 0.05) is 33.6 Å². The number of Topliss-reactive ketones (excluding diaryl/α,β-unsaturated/α-hetero) is 1. The van der Waals surface area contributed by atoms with Crippen LogP contribution in [0.25, 0.3) is 0 Å². The van der Waals surface area contributed by atoms with E-state index in [2.05, 4.69) is 6.58 Å². The molecule has 15 heavy (non-hydrogen) atoms. The molecule has 0 aromatic carbocycles. The first kappa shape index (κ1) is 11.1. The molecule has 0 saturated carbocycles. The third-order valence-electron chi connectivity index (χ3n) is 3.61. The molecule has 2 heterocycles. The highest BCUT2D eigenvalue weighted by Crippen LogP contribution is 2.39. The van der Waals surface area contributed by atoms with E-state index in [0.29, 0.717) is 22.7 Å². The summed E-state index contributed by atoms with van der Waals surface area (Å²) in [5, 5.41) is 0.642. The third kappa shape index (κ3) is 2.22. The highest BCUT2D eigenvalue weighted by atomic mass is 32.2. The minimum atomic E-state index is -0.634. The zero-order valence-corrected chi connectivity index (χ0v) is 9.80. The maximum absolute atomic E-state index is 11.8. The Morgan fingerprint density at radius 1 is 1.33 bits per heavy atom. The molecule has 3 heteroatoms. The highest BCUT2D eigenvalue weighted by molar-refractivity contribution is 7.86. The van der Waals surface area contributed by atoms with Crippen LogP contribution in [0.4, 0.5) is 0 Å². The van der Waals surface area contributed by atoms with Crippen LogP contribution in [-0.2, 0) is 15.6 Å². The second-order valence-corrected chi connectivity index (χ2v) is 6.60. The van der Waals surface area contributed by atoms with Crippen molar-refractivity contribution in [1.29, 1.82) is 0 Å². The van der Waals surface area contributed by atoms with E-state index in [4.69, 9.17) is 0 Å². The molecule has 0 N–H and O–H groups in total. The smallest absolute Gasteiger partial charge is 0.136 e. The summed E-state index contributed by atoms with van der Waals surface area (Å²) in [6.07, 6.45) is 7.10. The fraction of sp³-hybridized carbons (Fsp3) is 0.750. The Morgan fingerprint density at radius 3 is 2.47 bits per heavy atom. The van der Waals surface area contributed by atoms with Crippen LogP contribution in [0.5, 0.6) is 0 Å². The molecule has 2 atom stereocenters. The maximum atomic E-state index is 11.8. The molecule has 0 spiro atoms. The normalized spacial score (nSPS) is 38.9. The Morgan fingerprint density at radius 2 is 1.93 bits per heavy atom. The van der Waals surface area contributed by atoms with Crippen LogP contribution in [0.1, 0.15) is 38.5 Å². The van der Waals surface area contributed by atoms with Gasteiger partial charge < -0.3 is 0 Å². The lowest BCUT2D eigenvalue weighted by molar-refractivity contribution is -0.123. The summed E-state index contributed by atoms with van der Waals surface area (Å²) < 4.78 is 11.8. The molecule has 2 bridgehead atoms. The summed E-state index contributed by atoms with van der Waals surface area (Å²) >= 11 is 0. The van der Waals surface area contributed by atoms with Crippen molar-refractivity contribution in [3.8, 4) is 0 Å². The SMILES string of the molecule is C=CCCC(=O)C1CC2CCC(C1)S2=O. The lowest BCUT2D eigenvalue weighted by Crippen LogP contribution is -2.32. The standard InChI is InChI=1S/C12H18O2S/c1-2-3-4-12(13)9-7-10-5-6-11(8-9)15(10)14/h2,9-11H,1,3-8H2. The van der Waals surface area contributed by atoms with E-state index in [1.165, 1.54) is 0 Å². The fourth-order valence-electron chi connectivity index (χ4n) is 2.74. The van der Waals surface area contributed by atoms with Gasteiger partial charge in [0.05, 0.1) is 0 Å². The van der Waals surface area contributed by atoms with E-state index >= 15 is 0 Å². The molecule has 2 aliphatic rings. The molecular weight excluding hydrogens is 208 g/mol. The first-order valence-electron chi connectivity index (χ1n) is 5.75. The van der Waals surface area contributed by atoms with Gasteiger partial charge in [-0.05, 0) is 32.1 Å². The zero-order valence-electron chi connectivity index (χ0n) is 8.98. The predicted molar refractivity (Wildman–Crippen MR) is 62.1 cm³/mol. The molecule has 0 aromatic rings. The van der Waals surface area contributed by atoms with Crippen molar-refractivity contribution < 1.29 is 9.00 Å². The molecule has 0 aliphatic carbocycles. The van der Waals surface area contributed by atoms with E-state index in [1.54, 1.807) is 6.08 Å². The Bertz CT molecular complexity index is 282. The first-order chi connectivity index (χ1) is 7.22. The number of hydrogen-bond acceptors (Lipinski definition) is 2. The van der Waals surface area contributed by atoms with Crippen molar-refractivity contribution in [2.45, 2.75) is 49.0 Å². The number of hydrogen-bond donors (Lipinski definition) is 0. The van der Waals surface area contributed by atoms with Crippen molar-refractivity contribution in [2.24, 2.45) is 5.92 Å². The van der Waals surface area contributed by atoms with E-state index in [-0.39, 0.29) is 5.92 Å². The predicted octanol–water partition coefficient (Wildman–Crippen LogP) is 2.21. The van der Waals surface area contributed by atoms with Crippen LogP contribution in [-0.4, -0.2) is 20.5 Å². The van der Waals surface area contributed by atoms with Gasteiger partial charge in [-0.1, -0.05) is 6.08 Å². The van der Waals surface area contributed by atoms with Gasteiger partial charge in [-0.2, -0.15) is 0 Å². The summed E-state index contributed by atoms with van der Waals surface area (Å²) in [6.45, 7) is 3.63. The minimum absolute atomic E-state index is 0.195. The van der Waals surface area contributed by atoms with E-state index in [0.717, 1.165) is 32.1 Å². The van der Waals surface area contributed by atoms with Crippen LogP contribution >= 0.6 is 0 Å². The average Bonchev–Trinajstić information content (AvgIpc) is 2.49. The van der Waals surface area contributed by atoms with Gasteiger partial charge in [-0.3, -0.25) is 9.00 Å². The van der Waals surface area contributed by atoms with Crippen molar-refractivity contribution >= 4 is 16.6 Å². The minimum Gasteiger partial charge on any atom is -0.299 e. The van der Waals surface area contributed by atoms with Gasteiger partial charge in [-0.15, -0.1) is 6.58 Å². The van der Waals surface area contributed by atoms with E-state index < -0.39 is 10.8 Å². The van der Waals surface area contributed by atoms with E-state index in [9.17, 15) is 9.00 Å². The number of ketones is 1. The van der Waals surface area contributed by atoms with Crippen molar-refractivity contribution in [2.75, 3.05) is 0 Å². The molecule has 2 rings (SSSR count). The van der Waals surface area contributed by atoms with Crippen LogP contribution in [0.15, 0.2) is 12.7 Å². The van der Waals surface area contributed by atoms with Crippen LogP contribution < -0.4 is 0 Å².